The van der Waals surface area contributed by atoms with Gasteiger partial charge in [-0.15, -0.1) is 0 Å². The van der Waals surface area contributed by atoms with E-state index in [1.54, 1.807) is 6.20 Å². The lowest BCUT2D eigenvalue weighted by molar-refractivity contribution is 0.0618. The number of hydrogen-bond acceptors (Lipinski definition) is 2. The van der Waals surface area contributed by atoms with Crippen LogP contribution in [0.15, 0.2) is 61.1 Å². The Morgan fingerprint density at radius 3 is 2.80 bits per heavy atom. The van der Waals surface area contributed by atoms with Crippen LogP contribution in [0.25, 0.3) is 0 Å². The normalized spacial score (nSPS) is 16.7. The Bertz CT molecular complexity index is 865. The van der Waals surface area contributed by atoms with Crippen molar-refractivity contribution in [1.29, 1.82) is 0 Å². The molecule has 1 aliphatic heterocycles. The van der Waals surface area contributed by atoms with E-state index >= 15 is 0 Å². The van der Waals surface area contributed by atoms with Crippen molar-refractivity contribution in [1.82, 2.24) is 19.2 Å². The van der Waals surface area contributed by atoms with Crippen LogP contribution in [-0.2, 0) is 13.1 Å². The number of fused-ring (bicyclic) bond motifs is 1. The molecule has 1 amide bonds. The second kappa shape index (κ2) is 6.59. The van der Waals surface area contributed by atoms with Gasteiger partial charge in [-0.2, -0.15) is 5.10 Å². The first-order valence-corrected chi connectivity index (χ1v) is 8.78. The zero-order chi connectivity index (χ0) is 17.2. The largest absolute Gasteiger partial charge is 0.348 e. The maximum Gasteiger partial charge on any atom is 0.257 e. The quantitative estimate of drug-likeness (QED) is 0.734. The molecule has 5 nitrogen and oxygen atoms in total. The number of amides is 1. The van der Waals surface area contributed by atoms with Crippen LogP contribution in [0, 0.1) is 0 Å². The summed E-state index contributed by atoms with van der Waals surface area (Å²) in [6.45, 7) is 4.40. The van der Waals surface area contributed by atoms with Gasteiger partial charge in [-0.25, -0.2) is 0 Å². The molecular weight excluding hydrogens is 312 g/mol. The van der Waals surface area contributed by atoms with Crippen molar-refractivity contribution in [3.8, 4) is 0 Å². The lowest BCUT2D eigenvalue weighted by Gasteiger charge is -2.36. The monoisotopic (exact) mass is 334 g/mol. The lowest BCUT2D eigenvalue weighted by Crippen LogP contribution is -2.41. The molecule has 1 aliphatic rings. The fourth-order valence-electron chi connectivity index (χ4n) is 3.63. The molecule has 1 atom stereocenters. The van der Waals surface area contributed by atoms with E-state index in [9.17, 15) is 4.79 Å². The zero-order valence-electron chi connectivity index (χ0n) is 14.4. The highest BCUT2D eigenvalue weighted by molar-refractivity contribution is 5.94. The van der Waals surface area contributed by atoms with E-state index in [0.717, 1.165) is 19.5 Å². The van der Waals surface area contributed by atoms with E-state index in [0.29, 0.717) is 12.1 Å². The third kappa shape index (κ3) is 2.97. The molecule has 0 unspecified atom stereocenters. The first-order chi connectivity index (χ1) is 12.3. The minimum Gasteiger partial charge on any atom is -0.348 e. The highest BCUT2D eigenvalue weighted by atomic mass is 16.2. The van der Waals surface area contributed by atoms with Crippen molar-refractivity contribution in [3.63, 3.8) is 0 Å². The maximum absolute atomic E-state index is 13.0. The topological polar surface area (TPSA) is 43.1 Å². The Morgan fingerprint density at radius 2 is 2.00 bits per heavy atom. The van der Waals surface area contributed by atoms with Crippen LogP contribution >= 0.6 is 0 Å². The van der Waals surface area contributed by atoms with Crippen molar-refractivity contribution in [2.45, 2.75) is 32.5 Å². The third-order valence-corrected chi connectivity index (χ3v) is 4.88. The Hall–Kier alpha value is -2.82. The summed E-state index contributed by atoms with van der Waals surface area (Å²) in [5.74, 6) is 0.0682. The Kier molecular flexibility index (Phi) is 4.14. The fourth-order valence-corrected chi connectivity index (χ4v) is 3.63. The molecular formula is C20H22N4O. The smallest absolute Gasteiger partial charge is 0.257 e. The van der Waals surface area contributed by atoms with Crippen molar-refractivity contribution in [2.75, 3.05) is 6.54 Å². The Morgan fingerprint density at radius 1 is 1.16 bits per heavy atom. The minimum atomic E-state index is 0.0682. The second-order valence-corrected chi connectivity index (χ2v) is 6.46. The predicted molar refractivity (Wildman–Crippen MR) is 96.3 cm³/mol. The van der Waals surface area contributed by atoms with Gasteiger partial charge < -0.3 is 9.47 Å². The third-order valence-electron chi connectivity index (χ3n) is 4.88. The van der Waals surface area contributed by atoms with Gasteiger partial charge in [0.25, 0.3) is 5.91 Å². The van der Waals surface area contributed by atoms with Gasteiger partial charge in [-0.05, 0) is 24.1 Å². The van der Waals surface area contributed by atoms with Gasteiger partial charge >= 0.3 is 0 Å². The highest BCUT2D eigenvalue weighted by Gasteiger charge is 2.30. The SMILES string of the molecule is CC[C@H]1c2cccn2CCN1C(=O)c1cnn(Cc2ccccc2)c1. The Labute approximate surface area is 147 Å². The number of carbonyl (C=O) groups is 1. The van der Waals surface area contributed by atoms with Gasteiger partial charge in [-0.1, -0.05) is 37.3 Å². The van der Waals surface area contributed by atoms with Crippen LogP contribution < -0.4 is 0 Å². The average molecular weight is 334 g/mol. The van der Waals surface area contributed by atoms with Crippen molar-refractivity contribution in [2.24, 2.45) is 0 Å². The zero-order valence-corrected chi connectivity index (χ0v) is 14.4. The number of aromatic nitrogens is 3. The summed E-state index contributed by atoms with van der Waals surface area (Å²) in [5.41, 5.74) is 3.06. The van der Waals surface area contributed by atoms with E-state index in [4.69, 9.17) is 0 Å². The lowest BCUT2D eigenvalue weighted by atomic mass is 10.1. The molecule has 5 heteroatoms. The van der Waals surface area contributed by atoms with Crippen LogP contribution in [0.2, 0.25) is 0 Å². The van der Waals surface area contributed by atoms with Crippen LogP contribution in [0.3, 0.4) is 0 Å². The van der Waals surface area contributed by atoms with E-state index in [2.05, 4.69) is 47.1 Å². The van der Waals surface area contributed by atoms with E-state index in [-0.39, 0.29) is 11.9 Å². The van der Waals surface area contributed by atoms with E-state index < -0.39 is 0 Å². The molecule has 25 heavy (non-hydrogen) atoms. The van der Waals surface area contributed by atoms with Gasteiger partial charge in [-0.3, -0.25) is 9.48 Å². The molecule has 0 radical (unpaired) electrons. The molecule has 0 N–H and O–H groups in total. The summed E-state index contributed by atoms with van der Waals surface area (Å²) in [6, 6.07) is 14.5. The summed E-state index contributed by atoms with van der Waals surface area (Å²) in [7, 11) is 0. The number of rotatable bonds is 4. The first kappa shape index (κ1) is 15.7. The number of nitrogens with zero attached hydrogens (tertiary/aromatic N) is 4. The summed E-state index contributed by atoms with van der Waals surface area (Å²) in [6.07, 6.45) is 6.55. The Balaban J connectivity index is 1.53. The number of hydrogen-bond donors (Lipinski definition) is 0. The molecule has 0 bridgehead atoms. The molecule has 0 aliphatic carbocycles. The van der Waals surface area contributed by atoms with Gasteiger partial charge in [0.05, 0.1) is 24.3 Å². The molecule has 0 saturated carbocycles. The number of benzene rings is 1. The van der Waals surface area contributed by atoms with Gasteiger partial charge in [0.1, 0.15) is 0 Å². The summed E-state index contributed by atoms with van der Waals surface area (Å²) in [4.78, 5) is 15.0. The van der Waals surface area contributed by atoms with E-state index in [1.165, 1.54) is 11.3 Å². The molecule has 3 heterocycles. The summed E-state index contributed by atoms with van der Waals surface area (Å²) in [5, 5.41) is 4.38. The molecule has 0 fully saturated rings. The second-order valence-electron chi connectivity index (χ2n) is 6.46. The van der Waals surface area contributed by atoms with Crippen LogP contribution in [0.1, 0.15) is 41.0 Å². The summed E-state index contributed by atoms with van der Waals surface area (Å²) < 4.78 is 4.08. The molecule has 128 valence electrons. The van der Waals surface area contributed by atoms with Crippen LogP contribution in [0.4, 0.5) is 0 Å². The van der Waals surface area contributed by atoms with Crippen LogP contribution in [-0.4, -0.2) is 31.7 Å². The van der Waals surface area contributed by atoms with Crippen molar-refractivity contribution >= 4 is 5.91 Å². The van der Waals surface area contributed by atoms with E-state index in [1.807, 2.05) is 34.0 Å². The standard InChI is InChI=1S/C20H22N4O/c1-2-18-19-9-6-10-22(19)11-12-24(18)20(25)17-13-21-23(15-17)14-16-7-4-3-5-8-16/h3-10,13,15,18H,2,11-12,14H2,1H3/t18-/m0/s1. The van der Waals surface area contributed by atoms with Gasteiger partial charge in [0, 0.05) is 31.2 Å². The fraction of sp³-hybridized carbons (Fsp3) is 0.300. The molecule has 0 spiro atoms. The molecule has 2 aromatic heterocycles. The molecule has 4 rings (SSSR count). The van der Waals surface area contributed by atoms with Gasteiger partial charge in [0.2, 0.25) is 0 Å². The van der Waals surface area contributed by atoms with Crippen molar-refractivity contribution in [3.05, 3.63) is 77.9 Å². The maximum atomic E-state index is 13.0. The summed E-state index contributed by atoms with van der Waals surface area (Å²) >= 11 is 0. The highest BCUT2D eigenvalue weighted by Crippen LogP contribution is 2.29. The average Bonchev–Trinajstić information content (AvgIpc) is 3.30. The molecule has 1 aromatic carbocycles. The van der Waals surface area contributed by atoms with Crippen LogP contribution in [0.5, 0.6) is 0 Å². The number of carbonyl (C=O) groups excluding carboxylic acids is 1. The first-order valence-electron chi connectivity index (χ1n) is 8.78. The molecule has 0 saturated heterocycles. The van der Waals surface area contributed by atoms with Crippen molar-refractivity contribution < 1.29 is 4.79 Å². The molecule has 3 aromatic rings. The minimum absolute atomic E-state index is 0.0682. The van der Waals surface area contributed by atoms with Gasteiger partial charge in [0.15, 0.2) is 0 Å². The predicted octanol–water partition coefficient (Wildman–Crippen LogP) is 3.34.